The maximum atomic E-state index is 5.90. The Bertz CT molecular complexity index is 531. The minimum absolute atomic E-state index is 0.124. The van der Waals surface area contributed by atoms with E-state index in [4.69, 9.17) is 9.47 Å². The molecule has 1 aromatic carbocycles. The Morgan fingerprint density at radius 3 is 3.05 bits per heavy atom. The van der Waals surface area contributed by atoms with Gasteiger partial charge in [0.15, 0.2) is 0 Å². The van der Waals surface area contributed by atoms with Gasteiger partial charge in [-0.15, -0.1) is 0 Å². The Morgan fingerprint density at radius 1 is 1.30 bits per heavy atom. The van der Waals surface area contributed by atoms with Gasteiger partial charge in [-0.3, -0.25) is 4.98 Å². The molecule has 0 aliphatic carbocycles. The summed E-state index contributed by atoms with van der Waals surface area (Å²) >= 11 is 0. The lowest BCUT2D eigenvalue weighted by atomic mass is 10.2. The van der Waals surface area contributed by atoms with Crippen molar-refractivity contribution in [2.24, 2.45) is 0 Å². The Balaban J connectivity index is 1.81. The first kappa shape index (κ1) is 14.8. The van der Waals surface area contributed by atoms with Gasteiger partial charge in [0.25, 0.3) is 0 Å². The molecule has 0 aliphatic heterocycles. The number of benzene rings is 1. The topological polar surface area (TPSA) is 43.4 Å². The Morgan fingerprint density at radius 2 is 2.20 bits per heavy atom. The molecule has 1 heterocycles. The third-order valence-electron chi connectivity index (χ3n) is 3.05. The van der Waals surface area contributed by atoms with E-state index in [1.54, 1.807) is 13.3 Å². The molecular formula is C16H22N2O2. The van der Waals surface area contributed by atoms with Gasteiger partial charge in [-0.2, -0.15) is 0 Å². The van der Waals surface area contributed by atoms with E-state index in [0.717, 1.165) is 42.8 Å². The summed E-state index contributed by atoms with van der Waals surface area (Å²) in [5.74, 6) is 0.863. The SMILES string of the molecule is COCCCNCC(C)Oc1ccc2cccnc2c1. The third-order valence-corrected chi connectivity index (χ3v) is 3.05. The molecule has 0 spiro atoms. The van der Waals surface area contributed by atoms with Crippen molar-refractivity contribution < 1.29 is 9.47 Å². The first-order chi connectivity index (χ1) is 9.79. The van der Waals surface area contributed by atoms with Crippen molar-refractivity contribution in [3.05, 3.63) is 36.5 Å². The molecule has 0 saturated heterocycles. The summed E-state index contributed by atoms with van der Waals surface area (Å²) < 4.78 is 10.9. The second kappa shape index (κ2) is 7.82. The highest BCUT2D eigenvalue weighted by Gasteiger charge is 2.04. The standard InChI is InChI=1S/C16H22N2O2/c1-13(12-17-8-4-10-19-2)20-15-7-6-14-5-3-9-18-16(14)11-15/h3,5-7,9,11,13,17H,4,8,10,12H2,1-2H3. The normalized spacial score (nSPS) is 12.5. The van der Waals surface area contributed by atoms with Gasteiger partial charge >= 0.3 is 0 Å². The Kier molecular flexibility index (Phi) is 5.77. The summed E-state index contributed by atoms with van der Waals surface area (Å²) in [5.41, 5.74) is 0.963. The maximum Gasteiger partial charge on any atom is 0.121 e. The molecule has 108 valence electrons. The average molecular weight is 274 g/mol. The smallest absolute Gasteiger partial charge is 0.121 e. The molecule has 1 atom stereocenters. The van der Waals surface area contributed by atoms with Crippen LogP contribution in [0, 0.1) is 0 Å². The molecule has 20 heavy (non-hydrogen) atoms. The first-order valence-electron chi connectivity index (χ1n) is 7.00. The highest BCUT2D eigenvalue weighted by Crippen LogP contribution is 2.19. The number of aromatic nitrogens is 1. The van der Waals surface area contributed by atoms with Gasteiger partial charge < -0.3 is 14.8 Å². The van der Waals surface area contributed by atoms with E-state index in [9.17, 15) is 0 Å². The fourth-order valence-electron chi connectivity index (χ4n) is 2.04. The molecule has 2 rings (SSSR count). The molecular weight excluding hydrogens is 252 g/mol. The van der Waals surface area contributed by atoms with E-state index in [1.807, 2.05) is 30.3 Å². The molecule has 0 bridgehead atoms. The second-order valence-electron chi connectivity index (χ2n) is 4.84. The molecule has 4 heteroatoms. The number of nitrogens with one attached hydrogen (secondary N) is 1. The second-order valence-corrected chi connectivity index (χ2v) is 4.84. The zero-order valence-corrected chi connectivity index (χ0v) is 12.1. The van der Waals surface area contributed by atoms with Crippen molar-refractivity contribution >= 4 is 10.9 Å². The summed E-state index contributed by atoms with van der Waals surface area (Å²) in [6, 6.07) is 10.0. The van der Waals surface area contributed by atoms with Crippen LogP contribution in [-0.4, -0.2) is 37.9 Å². The van der Waals surface area contributed by atoms with Crippen molar-refractivity contribution in [2.75, 3.05) is 26.8 Å². The number of fused-ring (bicyclic) bond motifs is 1. The van der Waals surface area contributed by atoms with E-state index < -0.39 is 0 Å². The van der Waals surface area contributed by atoms with Crippen molar-refractivity contribution in [1.29, 1.82) is 0 Å². The number of ether oxygens (including phenoxy) is 2. The van der Waals surface area contributed by atoms with Gasteiger partial charge in [-0.05, 0) is 38.1 Å². The van der Waals surface area contributed by atoms with Crippen LogP contribution in [0.1, 0.15) is 13.3 Å². The van der Waals surface area contributed by atoms with Crippen LogP contribution in [0.4, 0.5) is 0 Å². The van der Waals surface area contributed by atoms with Crippen molar-refractivity contribution in [3.63, 3.8) is 0 Å². The summed E-state index contributed by atoms with van der Waals surface area (Å²) in [7, 11) is 1.72. The number of hydrogen-bond acceptors (Lipinski definition) is 4. The first-order valence-corrected chi connectivity index (χ1v) is 7.00. The van der Waals surface area contributed by atoms with Crippen molar-refractivity contribution in [3.8, 4) is 5.75 Å². The predicted octanol–water partition coefficient (Wildman–Crippen LogP) is 2.63. The van der Waals surface area contributed by atoms with Crippen molar-refractivity contribution in [1.82, 2.24) is 10.3 Å². The molecule has 1 aromatic heterocycles. The molecule has 1 unspecified atom stereocenters. The van der Waals surface area contributed by atoms with Crippen LogP contribution < -0.4 is 10.1 Å². The van der Waals surface area contributed by atoms with Gasteiger partial charge in [0.05, 0.1) is 5.52 Å². The fraction of sp³-hybridized carbons (Fsp3) is 0.438. The lowest BCUT2D eigenvalue weighted by molar-refractivity contribution is 0.188. The summed E-state index contributed by atoms with van der Waals surface area (Å²) in [4.78, 5) is 4.34. The van der Waals surface area contributed by atoms with Crippen LogP contribution in [0.5, 0.6) is 5.75 Å². The number of hydrogen-bond donors (Lipinski definition) is 1. The fourth-order valence-corrected chi connectivity index (χ4v) is 2.04. The molecule has 4 nitrogen and oxygen atoms in total. The van der Waals surface area contributed by atoms with Crippen LogP contribution in [0.25, 0.3) is 10.9 Å². The monoisotopic (exact) mass is 274 g/mol. The van der Waals surface area contributed by atoms with E-state index in [1.165, 1.54) is 0 Å². The molecule has 0 aliphatic rings. The van der Waals surface area contributed by atoms with Gasteiger partial charge in [-0.25, -0.2) is 0 Å². The predicted molar refractivity (Wildman–Crippen MR) is 81.2 cm³/mol. The zero-order valence-electron chi connectivity index (χ0n) is 12.1. The molecule has 2 aromatic rings. The summed E-state index contributed by atoms with van der Waals surface area (Å²) in [5, 5.41) is 4.49. The zero-order chi connectivity index (χ0) is 14.2. The quantitative estimate of drug-likeness (QED) is 0.752. The van der Waals surface area contributed by atoms with Crippen LogP contribution in [-0.2, 0) is 4.74 Å². The van der Waals surface area contributed by atoms with E-state index in [0.29, 0.717) is 0 Å². The summed E-state index contributed by atoms with van der Waals surface area (Å²) in [6.45, 7) is 4.62. The van der Waals surface area contributed by atoms with Gasteiger partial charge in [0, 0.05) is 37.9 Å². The number of methoxy groups -OCH3 is 1. The molecule has 0 amide bonds. The highest BCUT2D eigenvalue weighted by atomic mass is 16.5. The third kappa shape index (κ3) is 4.47. The van der Waals surface area contributed by atoms with Gasteiger partial charge in [-0.1, -0.05) is 6.07 Å². The van der Waals surface area contributed by atoms with Gasteiger partial charge in [0.2, 0.25) is 0 Å². The molecule has 0 fully saturated rings. The van der Waals surface area contributed by atoms with E-state index in [-0.39, 0.29) is 6.10 Å². The molecule has 0 radical (unpaired) electrons. The number of nitrogens with zero attached hydrogens (tertiary/aromatic N) is 1. The van der Waals surface area contributed by atoms with E-state index in [2.05, 4.69) is 17.2 Å². The Labute approximate surface area is 120 Å². The minimum atomic E-state index is 0.124. The largest absolute Gasteiger partial charge is 0.489 e. The number of rotatable bonds is 8. The molecule has 1 N–H and O–H groups in total. The minimum Gasteiger partial charge on any atom is -0.489 e. The van der Waals surface area contributed by atoms with Gasteiger partial charge in [0.1, 0.15) is 11.9 Å². The lowest BCUT2D eigenvalue weighted by Crippen LogP contribution is -2.30. The maximum absolute atomic E-state index is 5.90. The van der Waals surface area contributed by atoms with Crippen molar-refractivity contribution in [2.45, 2.75) is 19.4 Å². The van der Waals surface area contributed by atoms with Crippen LogP contribution in [0.3, 0.4) is 0 Å². The lowest BCUT2D eigenvalue weighted by Gasteiger charge is -2.15. The molecule has 0 saturated carbocycles. The van der Waals surface area contributed by atoms with Crippen LogP contribution >= 0.6 is 0 Å². The summed E-state index contributed by atoms with van der Waals surface area (Å²) in [6.07, 6.45) is 2.94. The Hall–Kier alpha value is -1.65. The highest BCUT2D eigenvalue weighted by molar-refractivity contribution is 5.79. The van der Waals surface area contributed by atoms with Crippen LogP contribution in [0.2, 0.25) is 0 Å². The average Bonchev–Trinajstić information content (AvgIpc) is 2.47. The van der Waals surface area contributed by atoms with E-state index >= 15 is 0 Å². The number of pyridine rings is 1. The van der Waals surface area contributed by atoms with Crippen LogP contribution in [0.15, 0.2) is 36.5 Å².